The summed E-state index contributed by atoms with van der Waals surface area (Å²) in [5.41, 5.74) is 12.3. The van der Waals surface area contributed by atoms with E-state index in [0.29, 0.717) is 16.9 Å². The fraction of sp³-hybridized carbons (Fsp3) is 0.364. The molecule has 1 amide bonds. The lowest BCUT2D eigenvalue weighted by Gasteiger charge is -2.17. The highest BCUT2D eigenvalue weighted by atomic mass is 32.2. The Hall–Kier alpha value is -1.76. The Kier molecular flexibility index (Phi) is 4.18. The number of nitrogens with two attached hydrogens (primary N) is 2. The predicted octanol–water partition coefficient (Wildman–Crippen LogP) is -0.0324. The van der Waals surface area contributed by atoms with E-state index in [4.69, 9.17) is 11.5 Å². The second-order valence-electron chi connectivity index (χ2n) is 4.24. The zero-order chi connectivity index (χ0) is 13.9. The Bertz CT molecular complexity index is 534. The van der Waals surface area contributed by atoms with Crippen LogP contribution in [0.2, 0.25) is 0 Å². The van der Waals surface area contributed by atoms with Gasteiger partial charge in [-0.05, 0) is 18.2 Å². The Morgan fingerprint density at radius 1 is 1.22 bits per heavy atom. The van der Waals surface area contributed by atoms with Gasteiger partial charge < -0.3 is 16.4 Å². The molecule has 0 saturated heterocycles. The third kappa shape index (κ3) is 4.25. The average Bonchev–Trinajstić information content (AvgIpc) is 2.22. The number of rotatable bonds is 4. The fourth-order valence-corrected chi connectivity index (χ4v) is 2.03. The van der Waals surface area contributed by atoms with Crippen molar-refractivity contribution < 1.29 is 13.2 Å². The highest BCUT2D eigenvalue weighted by Gasteiger charge is 2.14. The molecule has 18 heavy (non-hydrogen) atoms. The minimum atomic E-state index is -3.09. The first-order valence-corrected chi connectivity index (χ1v) is 7.34. The van der Waals surface area contributed by atoms with Gasteiger partial charge in [-0.15, -0.1) is 0 Å². The zero-order valence-electron chi connectivity index (χ0n) is 10.4. The molecule has 100 valence electrons. The van der Waals surface area contributed by atoms with Crippen molar-refractivity contribution in [2.75, 3.05) is 37.1 Å². The second-order valence-corrected chi connectivity index (χ2v) is 6.50. The third-order valence-corrected chi connectivity index (χ3v) is 3.29. The van der Waals surface area contributed by atoms with Gasteiger partial charge in [0.05, 0.1) is 5.75 Å². The Labute approximate surface area is 106 Å². The average molecular weight is 271 g/mol. The highest BCUT2D eigenvalue weighted by molar-refractivity contribution is 7.90. The number of amides is 1. The van der Waals surface area contributed by atoms with E-state index < -0.39 is 9.84 Å². The van der Waals surface area contributed by atoms with Crippen LogP contribution in [0.25, 0.3) is 0 Å². The van der Waals surface area contributed by atoms with Crippen LogP contribution in [0, 0.1) is 0 Å². The van der Waals surface area contributed by atoms with Gasteiger partial charge in [0.15, 0.2) is 0 Å². The van der Waals surface area contributed by atoms with Gasteiger partial charge in [0.25, 0.3) is 5.91 Å². The quantitative estimate of drug-likeness (QED) is 0.748. The minimum Gasteiger partial charge on any atom is -0.399 e. The summed E-state index contributed by atoms with van der Waals surface area (Å²) in [6, 6.07) is 4.57. The molecule has 0 unspecified atom stereocenters. The molecule has 0 aromatic heterocycles. The summed E-state index contributed by atoms with van der Waals surface area (Å²) in [4.78, 5) is 13.3. The van der Waals surface area contributed by atoms with E-state index in [0.717, 1.165) is 6.26 Å². The molecule has 0 saturated carbocycles. The van der Waals surface area contributed by atoms with Gasteiger partial charge in [0, 0.05) is 36.8 Å². The van der Waals surface area contributed by atoms with Crippen LogP contribution in [0.4, 0.5) is 11.4 Å². The van der Waals surface area contributed by atoms with Crippen molar-refractivity contribution in [1.29, 1.82) is 0 Å². The van der Waals surface area contributed by atoms with Crippen LogP contribution in [-0.4, -0.2) is 44.8 Å². The van der Waals surface area contributed by atoms with Crippen LogP contribution in [-0.2, 0) is 9.84 Å². The molecular weight excluding hydrogens is 254 g/mol. The van der Waals surface area contributed by atoms with E-state index >= 15 is 0 Å². The summed E-state index contributed by atoms with van der Waals surface area (Å²) in [6.45, 7) is 0.131. The second kappa shape index (κ2) is 5.26. The van der Waals surface area contributed by atoms with Gasteiger partial charge in [-0.25, -0.2) is 8.42 Å². The largest absolute Gasteiger partial charge is 0.399 e. The summed E-state index contributed by atoms with van der Waals surface area (Å²) in [7, 11) is -1.56. The van der Waals surface area contributed by atoms with Crippen molar-refractivity contribution in [3.63, 3.8) is 0 Å². The molecule has 0 atom stereocenters. The summed E-state index contributed by atoms with van der Waals surface area (Å²) in [6.07, 6.45) is 1.13. The molecule has 0 aliphatic heterocycles. The minimum absolute atomic E-state index is 0.0764. The lowest BCUT2D eigenvalue weighted by atomic mass is 10.1. The van der Waals surface area contributed by atoms with Crippen LogP contribution in [0.5, 0.6) is 0 Å². The van der Waals surface area contributed by atoms with Gasteiger partial charge in [-0.2, -0.15) is 0 Å². The maximum atomic E-state index is 12.0. The molecule has 4 N–H and O–H groups in total. The number of nitrogen functional groups attached to an aromatic ring is 2. The van der Waals surface area contributed by atoms with Crippen LogP contribution < -0.4 is 11.5 Å². The Morgan fingerprint density at radius 2 is 1.72 bits per heavy atom. The molecule has 0 fully saturated rings. The van der Waals surface area contributed by atoms with Crippen molar-refractivity contribution in [3.05, 3.63) is 23.8 Å². The number of carbonyl (C=O) groups excluding carboxylic acids is 1. The fourth-order valence-electron chi connectivity index (χ4n) is 1.42. The van der Waals surface area contributed by atoms with E-state index in [2.05, 4.69) is 0 Å². The molecule has 0 aliphatic carbocycles. The SMILES string of the molecule is CN(CCS(C)(=O)=O)C(=O)c1cc(N)cc(N)c1. The zero-order valence-corrected chi connectivity index (χ0v) is 11.2. The molecule has 1 rings (SSSR count). The van der Waals surface area contributed by atoms with Crippen molar-refractivity contribution in [1.82, 2.24) is 4.90 Å². The molecule has 0 spiro atoms. The Morgan fingerprint density at radius 3 is 2.17 bits per heavy atom. The van der Waals surface area contributed by atoms with Gasteiger partial charge in [-0.3, -0.25) is 4.79 Å². The first-order chi connectivity index (χ1) is 8.19. The summed E-state index contributed by atoms with van der Waals surface area (Å²) >= 11 is 0. The van der Waals surface area contributed by atoms with Gasteiger partial charge in [0.2, 0.25) is 0 Å². The summed E-state index contributed by atoms with van der Waals surface area (Å²) in [5, 5.41) is 0. The number of hydrogen-bond acceptors (Lipinski definition) is 5. The van der Waals surface area contributed by atoms with E-state index in [9.17, 15) is 13.2 Å². The molecule has 0 aliphatic rings. The molecule has 7 heteroatoms. The van der Waals surface area contributed by atoms with Crippen LogP contribution in [0.1, 0.15) is 10.4 Å². The molecular formula is C11H17N3O3S. The van der Waals surface area contributed by atoms with Crippen molar-refractivity contribution >= 4 is 27.1 Å². The van der Waals surface area contributed by atoms with Gasteiger partial charge in [-0.1, -0.05) is 0 Å². The number of anilines is 2. The normalized spacial score (nSPS) is 11.2. The topological polar surface area (TPSA) is 106 Å². The molecule has 0 radical (unpaired) electrons. The van der Waals surface area contributed by atoms with E-state index in [1.165, 1.54) is 24.1 Å². The Balaban J connectivity index is 2.80. The third-order valence-electron chi connectivity index (χ3n) is 2.37. The van der Waals surface area contributed by atoms with Crippen molar-refractivity contribution in [2.45, 2.75) is 0 Å². The maximum absolute atomic E-state index is 12.0. The monoisotopic (exact) mass is 271 g/mol. The van der Waals surface area contributed by atoms with E-state index in [-0.39, 0.29) is 18.2 Å². The lowest BCUT2D eigenvalue weighted by Crippen LogP contribution is -2.31. The van der Waals surface area contributed by atoms with Gasteiger partial charge >= 0.3 is 0 Å². The maximum Gasteiger partial charge on any atom is 0.253 e. The standard InChI is InChI=1S/C11H17N3O3S/c1-14(3-4-18(2,16)17)11(15)8-5-9(12)7-10(13)6-8/h5-7H,3-4,12-13H2,1-2H3. The van der Waals surface area contributed by atoms with E-state index in [1.54, 1.807) is 6.07 Å². The number of hydrogen-bond donors (Lipinski definition) is 2. The van der Waals surface area contributed by atoms with Crippen LogP contribution in [0.3, 0.4) is 0 Å². The number of nitrogens with zero attached hydrogens (tertiary/aromatic N) is 1. The van der Waals surface area contributed by atoms with Crippen molar-refractivity contribution in [2.24, 2.45) is 0 Å². The molecule has 0 bridgehead atoms. The van der Waals surface area contributed by atoms with Crippen LogP contribution >= 0.6 is 0 Å². The first kappa shape index (κ1) is 14.3. The molecule has 0 heterocycles. The van der Waals surface area contributed by atoms with Crippen LogP contribution in [0.15, 0.2) is 18.2 Å². The lowest BCUT2D eigenvalue weighted by molar-refractivity contribution is 0.0803. The van der Waals surface area contributed by atoms with E-state index in [1.807, 2.05) is 0 Å². The van der Waals surface area contributed by atoms with Crippen molar-refractivity contribution in [3.8, 4) is 0 Å². The number of sulfone groups is 1. The molecule has 1 aromatic carbocycles. The first-order valence-electron chi connectivity index (χ1n) is 5.28. The molecule has 6 nitrogen and oxygen atoms in total. The molecule has 1 aromatic rings. The highest BCUT2D eigenvalue weighted by Crippen LogP contribution is 2.15. The number of carbonyl (C=O) groups is 1. The summed E-state index contributed by atoms with van der Waals surface area (Å²) in [5.74, 6) is -0.384. The predicted molar refractivity (Wildman–Crippen MR) is 71.9 cm³/mol. The smallest absolute Gasteiger partial charge is 0.253 e. The number of benzene rings is 1. The van der Waals surface area contributed by atoms with Gasteiger partial charge in [0.1, 0.15) is 9.84 Å². The summed E-state index contributed by atoms with van der Waals surface area (Å²) < 4.78 is 22.1.